The predicted octanol–water partition coefficient (Wildman–Crippen LogP) is 1.88. The number of halogens is 1. The molecular weight excluding hydrogens is 346 g/mol. The molecule has 1 saturated heterocycles. The Morgan fingerprint density at radius 2 is 1.74 bits per heavy atom. The van der Waals surface area contributed by atoms with Crippen LogP contribution in [0.5, 0.6) is 0 Å². The molecule has 1 heterocycles. The molecule has 1 aromatic carbocycles. The summed E-state index contributed by atoms with van der Waals surface area (Å²) < 4.78 is 33.5. The van der Waals surface area contributed by atoms with E-state index in [-0.39, 0.29) is 21.2 Å². The third-order valence-corrected chi connectivity index (χ3v) is 4.44. The maximum Gasteiger partial charge on any atom is 0.350 e. The van der Waals surface area contributed by atoms with Gasteiger partial charge in [-0.2, -0.15) is 0 Å². The lowest BCUT2D eigenvalue weighted by Gasteiger charge is -2.29. The number of hydrogen-bond donors (Lipinski definition) is 1. The molecule has 1 fully saturated rings. The van der Waals surface area contributed by atoms with E-state index in [2.05, 4.69) is 5.32 Å². The fourth-order valence-corrected chi connectivity index (χ4v) is 3.47. The molecule has 9 heteroatoms. The lowest BCUT2D eigenvalue weighted by molar-refractivity contribution is -0.222. The van der Waals surface area contributed by atoms with Crippen molar-refractivity contribution in [3.8, 4) is 0 Å². The maximum atomic E-state index is 11.8. The molecule has 0 radical (unpaired) electrons. The molecule has 7 nitrogen and oxygen atoms in total. The third-order valence-electron chi connectivity index (χ3n) is 2.83. The van der Waals surface area contributed by atoms with Gasteiger partial charge in [0.25, 0.3) is 5.79 Å². The summed E-state index contributed by atoms with van der Waals surface area (Å²) in [5, 5.41) is 2.61. The fraction of sp³-hybridized carbons (Fsp3) is 0.286. The summed E-state index contributed by atoms with van der Waals surface area (Å²) in [6.45, 7) is 2.84. The second kappa shape index (κ2) is 5.86. The van der Waals surface area contributed by atoms with Gasteiger partial charge in [0.1, 0.15) is 4.90 Å². The normalized spacial score (nSPS) is 17.3. The molecule has 1 aromatic rings. The monoisotopic (exact) mass is 359 g/mol. The Morgan fingerprint density at radius 1 is 1.17 bits per heavy atom. The van der Waals surface area contributed by atoms with Crippen LogP contribution in [0.3, 0.4) is 0 Å². The quantitative estimate of drug-likeness (QED) is 0.499. The van der Waals surface area contributed by atoms with Crippen molar-refractivity contribution in [1.29, 1.82) is 0 Å². The van der Waals surface area contributed by atoms with Gasteiger partial charge in [-0.05, 0) is 12.1 Å². The first-order valence-electron chi connectivity index (χ1n) is 6.43. The summed E-state index contributed by atoms with van der Waals surface area (Å²) in [6.07, 6.45) is 2.03. The summed E-state index contributed by atoms with van der Waals surface area (Å²) >= 11 is 5.91. The Hall–Kier alpha value is -2.06. The Labute approximate surface area is 138 Å². The van der Waals surface area contributed by atoms with Gasteiger partial charge in [-0.3, -0.25) is 0 Å². The zero-order valence-corrected chi connectivity index (χ0v) is 14.1. The van der Waals surface area contributed by atoms with Crippen molar-refractivity contribution in [3.05, 3.63) is 35.0 Å². The average Bonchev–Trinajstić information content (AvgIpc) is 2.34. The van der Waals surface area contributed by atoms with Crippen molar-refractivity contribution in [1.82, 2.24) is 0 Å². The van der Waals surface area contributed by atoms with E-state index in [0.29, 0.717) is 0 Å². The maximum absolute atomic E-state index is 11.8. The highest BCUT2D eigenvalue weighted by atomic mass is 35.5. The highest BCUT2D eigenvalue weighted by molar-refractivity contribution is 7.91. The van der Waals surface area contributed by atoms with Crippen LogP contribution in [0.2, 0.25) is 5.02 Å². The van der Waals surface area contributed by atoms with E-state index in [9.17, 15) is 18.0 Å². The van der Waals surface area contributed by atoms with E-state index in [1.807, 2.05) is 0 Å². The molecule has 0 amide bonds. The number of nitrogens with one attached hydrogen (secondary N) is 1. The molecule has 0 atom stereocenters. The van der Waals surface area contributed by atoms with Gasteiger partial charge in [0.05, 0.1) is 10.7 Å². The van der Waals surface area contributed by atoms with Gasteiger partial charge < -0.3 is 14.8 Å². The molecule has 1 N–H and O–H groups in total. The molecule has 0 unspecified atom stereocenters. The van der Waals surface area contributed by atoms with Crippen molar-refractivity contribution in [2.45, 2.75) is 24.5 Å². The van der Waals surface area contributed by atoms with E-state index >= 15 is 0 Å². The molecule has 0 aliphatic carbocycles. The van der Waals surface area contributed by atoms with Crippen molar-refractivity contribution in [2.24, 2.45) is 0 Å². The molecule has 0 bridgehead atoms. The Balaban J connectivity index is 2.37. The summed E-state index contributed by atoms with van der Waals surface area (Å²) in [5.41, 5.74) is -0.262. The Bertz CT molecular complexity index is 791. The van der Waals surface area contributed by atoms with Crippen LogP contribution in [0.1, 0.15) is 13.8 Å². The smallest absolute Gasteiger partial charge is 0.350 e. The second-order valence-electron chi connectivity index (χ2n) is 5.27. The molecule has 23 heavy (non-hydrogen) atoms. The van der Waals surface area contributed by atoms with Gasteiger partial charge in [0.15, 0.2) is 15.4 Å². The van der Waals surface area contributed by atoms with Crippen LogP contribution in [0.25, 0.3) is 0 Å². The number of esters is 2. The second-order valence-corrected chi connectivity index (χ2v) is 7.63. The Kier molecular flexibility index (Phi) is 4.41. The van der Waals surface area contributed by atoms with Crippen LogP contribution in [-0.4, -0.2) is 32.4 Å². The Morgan fingerprint density at radius 3 is 2.26 bits per heavy atom. The van der Waals surface area contributed by atoms with Gasteiger partial charge in [-0.1, -0.05) is 17.7 Å². The fourth-order valence-electron chi connectivity index (χ4n) is 1.93. The zero-order chi connectivity index (χ0) is 17.4. The molecule has 2 rings (SSSR count). The van der Waals surface area contributed by atoms with Crippen LogP contribution in [-0.2, 0) is 28.9 Å². The van der Waals surface area contributed by atoms with Crippen molar-refractivity contribution in [2.75, 3.05) is 11.6 Å². The van der Waals surface area contributed by atoms with E-state index in [4.69, 9.17) is 21.1 Å². The first-order chi connectivity index (χ1) is 10.5. The SMILES string of the molecule is CC1(C)OC(=O)C(=CNc2cccc(Cl)c2S(C)(=O)=O)C(=O)O1. The topological polar surface area (TPSA) is 98.8 Å². The van der Waals surface area contributed by atoms with Crippen molar-refractivity contribution >= 4 is 39.1 Å². The standard InChI is InChI=1S/C14H14ClNO6S/c1-14(2)21-12(17)8(13(18)22-14)7-16-10-6-4-5-9(15)11(10)23(3,19)20/h4-7,16H,1-3H3. The minimum atomic E-state index is -3.62. The minimum Gasteiger partial charge on any atom is -0.419 e. The van der Waals surface area contributed by atoms with E-state index in [0.717, 1.165) is 12.5 Å². The first kappa shape index (κ1) is 17.3. The molecule has 1 aliphatic rings. The minimum absolute atomic E-state index is 0.0193. The first-order valence-corrected chi connectivity index (χ1v) is 8.70. The predicted molar refractivity (Wildman–Crippen MR) is 82.5 cm³/mol. The molecule has 0 aromatic heterocycles. The van der Waals surface area contributed by atoms with Crippen LogP contribution < -0.4 is 5.32 Å². The lowest BCUT2D eigenvalue weighted by atomic mass is 10.2. The summed E-state index contributed by atoms with van der Waals surface area (Å²) in [5.74, 6) is -3.09. The number of carbonyl (C=O) groups is 2. The molecule has 0 spiro atoms. The van der Waals surface area contributed by atoms with Gasteiger partial charge in [0.2, 0.25) is 0 Å². The van der Waals surface area contributed by atoms with Crippen LogP contribution in [0.15, 0.2) is 34.9 Å². The van der Waals surface area contributed by atoms with Crippen LogP contribution >= 0.6 is 11.6 Å². The van der Waals surface area contributed by atoms with Crippen molar-refractivity contribution < 1.29 is 27.5 Å². The highest BCUT2D eigenvalue weighted by Crippen LogP contribution is 2.30. The third kappa shape index (κ3) is 3.83. The zero-order valence-electron chi connectivity index (χ0n) is 12.5. The number of carbonyl (C=O) groups excluding carboxylic acids is 2. The summed E-state index contributed by atoms with van der Waals surface area (Å²) in [4.78, 5) is 23.5. The van der Waals surface area contributed by atoms with Gasteiger partial charge >= 0.3 is 11.9 Å². The molecular formula is C14H14ClNO6S. The number of rotatable bonds is 3. The number of sulfone groups is 1. The van der Waals surface area contributed by atoms with Crippen LogP contribution in [0.4, 0.5) is 5.69 Å². The number of cyclic esters (lactones) is 2. The average molecular weight is 360 g/mol. The van der Waals surface area contributed by atoms with E-state index in [1.165, 1.54) is 32.0 Å². The number of anilines is 1. The summed E-state index contributed by atoms with van der Waals surface area (Å²) in [6, 6.07) is 4.39. The van der Waals surface area contributed by atoms with E-state index in [1.54, 1.807) is 0 Å². The summed E-state index contributed by atoms with van der Waals surface area (Å²) in [7, 11) is -3.62. The van der Waals surface area contributed by atoms with Gasteiger partial charge in [-0.15, -0.1) is 0 Å². The number of ether oxygens (including phenoxy) is 2. The number of benzene rings is 1. The van der Waals surface area contributed by atoms with Gasteiger partial charge in [-0.25, -0.2) is 18.0 Å². The van der Waals surface area contributed by atoms with Gasteiger partial charge in [0, 0.05) is 26.3 Å². The molecule has 1 aliphatic heterocycles. The molecule has 124 valence electrons. The highest BCUT2D eigenvalue weighted by Gasteiger charge is 2.39. The number of hydrogen-bond acceptors (Lipinski definition) is 7. The molecule has 0 saturated carbocycles. The van der Waals surface area contributed by atoms with E-state index < -0.39 is 27.6 Å². The van der Waals surface area contributed by atoms with Crippen molar-refractivity contribution in [3.63, 3.8) is 0 Å². The lowest BCUT2D eigenvalue weighted by Crippen LogP contribution is -2.42. The largest absolute Gasteiger partial charge is 0.419 e. The van der Waals surface area contributed by atoms with Crippen LogP contribution in [0, 0.1) is 0 Å².